The summed E-state index contributed by atoms with van der Waals surface area (Å²) >= 11 is 2.97. The summed E-state index contributed by atoms with van der Waals surface area (Å²) in [7, 11) is 0. The molecule has 20 heavy (non-hydrogen) atoms. The number of nitrogens with one attached hydrogen (secondary N) is 1. The van der Waals surface area contributed by atoms with Crippen molar-refractivity contribution in [3.8, 4) is 0 Å². The number of benzene rings is 1. The molecule has 1 aromatic carbocycles. The molecule has 4 N–H and O–H groups in total. The summed E-state index contributed by atoms with van der Waals surface area (Å²) < 4.78 is 38.9. The first-order valence-electron chi connectivity index (χ1n) is 5.17. The van der Waals surface area contributed by atoms with E-state index in [1.807, 2.05) is 5.32 Å². The van der Waals surface area contributed by atoms with E-state index >= 15 is 0 Å². The molecule has 0 aliphatic rings. The summed E-state index contributed by atoms with van der Waals surface area (Å²) in [5.74, 6) is -3.12. The van der Waals surface area contributed by atoms with Crippen molar-refractivity contribution in [3.05, 3.63) is 28.2 Å². The fourth-order valence-electron chi connectivity index (χ4n) is 1.39. The van der Waals surface area contributed by atoms with Gasteiger partial charge in [-0.1, -0.05) is 6.07 Å². The average molecular weight is 355 g/mol. The van der Waals surface area contributed by atoms with E-state index in [1.165, 1.54) is 12.1 Å². The van der Waals surface area contributed by atoms with E-state index in [1.54, 1.807) is 0 Å². The van der Waals surface area contributed by atoms with Gasteiger partial charge in [0.25, 0.3) is 5.91 Å². The highest BCUT2D eigenvalue weighted by atomic mass is 79.9. The third-order valence-electron chi connectivity index (χ3n) is 2.64. The van der Waals surface area contributed by atoms with Crippen LogP contribution in [0.5, 0.6) is 0 Å². The number of amides is 1. The lowest BCUT2D eigenvalue weighted by Crippen LogP contribution is -2.55. The molecular formula is C11H10BrF3N2O3. The number of primary amides is 1. The number of rotatable bonds is 4. The first-order valence-corrected chi connectivity index (χ1v) is 5.96. The molecule has 0 spiro atoms. The Bertz CT molecular complexity index is 562. The number of alkyl halides is 3. The highest BCUT2D eigenvalue weighted by molar-refractivity contribution is 9.10. The predicted octanol–water partition coefficient (Wildman–Crippen LogP) is 2.37. The largest absolute Gasteiger partial charge is 0.479 e. The van der Waals surface area contributed by atoms with Gasteiger partial charge in [0.2, 0.25) is 5.54 Å². The number of carboxylic acid groups (broad SMARTS) is 1. The van der Waals surface area contributed by atoms with Gasteiger partial charge in [-0.3, -0.25) is 4.79 Å². The Morgan fingerprint density at radius 2 is 1.90 bits per heavy atom. The van der Waals surface area contributed by atoms with Crippen molar-refractivity contribution in [2.75, 3.05) is 5.32 Å². The fourth-order valence-corrected chi connectivity index (χ4v) is 1.96. The minimum Gasteiger partial charge on any atom is -0.479 e. The Morgan fingerprint density at radius 3 is 2.30 bits per heavy atom. The molecule has 0 bridgehead atoms. The van der Waals surface area contributed by atoms with Crippen LogP contribution < -0.4 is 11.1 Å². The van der Waals surface area contributed by atoms with Gasteiger partial charge in [0.15, 0.2) is 0 Å². The summed E-state index contributed by atoms with van der Waals surface area (Å²) in [6, 6.07) is 3.88. The highest BCUT2D eigenvalue weighted by Crippen LogP contribution is 2.35. The number of anilines is 1. The van der Waals surface area contributed by atoms with Crippen LogP contribution in [0.3, 0.4) is 0 Å². The molecule has 9 heteroatoms. The number of carbonyl (C=O) groups excluding carboxylic acids is 1. The lowest BCUT2D eigenvalue weighted by molar-refractivity contribution is -0.192. The first-order chi connectivity index (χ1) is 9.00. The van der Waals surface area contributed by atoms with E-state index in [9.17, 15) is 22.8 Å². The van der Waals surface area contributed by atoms with E-state index in [-0.39, 0.29) is 15.7 Å². The molecule has 0 aliphatic heterocycles. The monoisotopic (exact) mass is 354 g/mol. The van der Waals surface area contributed by atoms with Crippen LogP contribution in [0.2, 0.25) is 0 Å². The van der Waals surface area contributed by atoms with Gasteiger partial charge in [-0.2, -0.15) is 13.2 Å². The Morgan fingerprint density at radius 1 is 1.35 bits per heavy atom. The number of carboxylic acids is 1. The van der Waals surface area contributed by atoms with Gasteiger partial charge in [0.1, 0.15) is 0 Å². The maximum absolute atomic E-state index is 12.9. The number of halogens is 4. The standard InChI is InChI=1S/C11H10BrF3N2O3/c1-10(9(19)20,11(13,14)15)17-6-4-2-3-5(12)7(6)8(16)18/h2-4,17H,1H3,(H2,16,18)(H,19,20). The number of nitrogens with two attached hydrogens (primary N) is 1. The number of hydrogen-bond donors (Lipinski definition) is 3. The van der Waals surface area contributed by atoms with Crippen molar-refractivity contribution in [2.45, 2.75) is 18.6 Å². The molecule has 0 fully saturated rings. The molecule has 0 radical (unpaired) electrons. The molecule has 110 valence electrons. The van der Waals surface area contributed by atoms with Crippen molar-refractivity contribution < 1.29 is 27.9 Å². The van der Waals surface area contributed by atoms with Gasteiger partial charge in [-0.25, -0.2) is 4.79 Å². The molecule has 0 saturated heterocycles. The Kier molecular flexibility index (Phi) is 4.33. The molecule has 1 unspecified atom stereocenters. The maximum Gasteiger partial charge on any atom is 0.422 e. The van der Waals surface area contributed by atoms with Crippen LogP contribution in [0, 0.1) is 0 Å². The predicted molar refractivity (Wildman–Crippen MR) is 68.4 cm³/mol. The molecule has 1 rings (SSSR count). The van der Waals surface area contributed by atoms with Gasteiger partial charge < -0.3 is 16.2 Å². The number of carbonyl (C=O) groups is 2. The minimum absolute atomic E-state index is 0.157. The van der Waals surface area contributed by atoms with E-state index in [2.05, 4.69) is 15.9 Å². The molecule has 0 aromatic heterocycles. The van der Waals surface area contributed by atoms with Crippen LogP contribution >= 0.6 is 15.9 Å². The highest BCUT2D eigenvalue weighted by Gasteiger charge is 2.57. The third-order valence-corrected chi connectivity index (χ3v) is 3.30. The molecule has 1 amide bonds. The van der Waals surface area contributed by atoms with Crippen molar-refractivity contribution in [1.29, 1.82) is 0 Å². The second-order valence-corrected chi connectivity index (χ2v) is 4.93. The van der Waals surface area contributed by atoms with Gasteiger partial charge in [0.05, 0.1) is 5.56 Å². The average Bonchev–Trinajstić information content (AvgIpc) is 2.26. The molecular weight excluding hydrogens is 345 g/mol. The summed E-state index contributed by atoms with van der Waals surface area (Å²) in [5, 5.41) is 10.6. The number of aliphatic carboxylic acids is 1. The van der Waals surface area contributed by atoms with Crippen LogP contribution in [-0.4, -0.2) is 28.7 Å². The van der Waals surface area contributed by atoms with Gasteiger partial charge >= 0.3 is 12.1 Å². The fraction of sp³-hybridized carbons (Fsp3) is 0.273. The van der Waals surface area contributed by atoms with Crippen LogP contribution in [-0.2, 0) is 4.79 Å². The Hall–Kier alpha value is -1.77. The van der Waals surface area contributed by atoms with Crippen molar-refractivity contribution >= 4 is 33.5 Å². The summed E-state index contributed by atoms with van der Waals surface area (Å²) in [4.78, 5) is 22.2. The topological polar surface area (TPSA) is 92.4 Å². The van der Waals surface area contributed by atoms with Crippen LogP contribution in [0.1, 0.15) is 17.3 Å². The molecule has 0 saturated carbocycles. The molecule has 1 atom stereocenters. The number of hydrogen-bond acceptors (Lipinski definition) is 3. The molecule has 0 heterocycles. The SMILES string of the molecule is CC(Nc1cccc(Br)c1C(N)=O)(C(=O)O)C(F)(F)F. The van der Waals surface area contributed by atoms with E-state index in [0.29, 0.717) is 6.92 Å². The van der Waals surface area contributed by atoms with Crippen molar-refractivity contribution in [2.24, 2.45) is 5.73 Å². The second kappa shape index (κ2) is 5.31. The zero-order valence-corrected chi connectivity index (χ0v) is 11.7. The van der Waals surface area contributed by atoms with Crippen LogP contribution in [0.25, 0.3) is 0 Å². The molecule has 0 aliphatic carbocycles. The maximum atomic E-state index is 12.9. The Labute approximate surface area is 120 Å². The minimum atomic E-state index is -5.07. The molecule has 1 aromatic rings. The van der Waals surface area contributed by atoms with Crippen molar-refractivity contribution in [1.82, 2.24) is 0 Å². The zero-order valence-electron chi connectivity index (χ0n) is 10.1. The summed E-state index contributed by atoms with van der Waals surface area (Å²) in [6.07, 6.45) is -5.07. The van der Waals surface area contributed by atoms with Gasteiger partial charge in [-0.05, 0) is 35.0 Å². The Balaban J connectivity index is 3.38. The normalized spacial score (nSPS) is 14.4. The van der Waals surface area contributed by atoms with E-state index in [4.69, 9.17) is 10.8 Å². The zero-order chi connectivity index (χ0) is 15.7. The van der Waals surface area contributed by atoms with Crippen molar-refractivity contribution in [3.63, 3.8) is 0 Å². The summed E-state index contributed by atoms with van der Waals surface area (Å²) in [5.41, 5.74) is 1.24. The second-order valence-electron chi connectivity index (χ2n) is 4.08. The lowest BCUT2D eigenvalue weighted by atomic mass is 10.0. The lowest BCUT2D eigenvalue weighted by Gasteiger charge is -2.30. The van der Waals surface area contributed by atoms with Gasteiger partial charge in [0, 0.05) is 10.2 Å². The van der Waals surface area contributed by atoms with Crippen LogP contribution in [0.15, 0.2) is 22.7 Å². The van der Waals surface area contributed by atoms with Gasteiger partial charge in [-0.15, -0.1) is 0 Å². The summed E-state index contributed by atoms with van der Waals surface area (Å²) in [6.45, 7) is 0.459. The molecule has 5 nitrogen and oxygen atoms in total. The quantitative estimate of drug-likeness (QED) is 0.773. The van der Waals surface area contributed by atoms with E-state index in [0.717, 1.165) is 6.07 Å². The third kappa shape index (κ3) is 2.87. The smallest absolute Gasteiger partial charge is 0.422 e. The van der Waals surface area contributed by atoms with E-state index < -0.39 is 23.6 Å². The van der Waals surface area contributed by atoms with Crippen LogP contribution in [0.4, 0.5) is 18.9 Å². The first kappa shape index (κ1) is 16.3.